The predicted octanol–water partition coefficient (Wildman–Crippen LogP) is 8.49. The number of ether oxygens (including phenoxy) is 1. The number of aromatic nitrogens is 2. The second-order valence-corrected chi connectivity index (χ2v) is 13.3. The summed E-state index contributed by atoms with van der Waals surface area (Å²) in [6, 6.07) is 16.2. The fourth-order valence-corrected chi connectivity index (χ4v) is 8.25. The molecule has 232 valence electrons. The number of rotatable bonds is 7. The fourth-order valence-electron chi connectivity index (χ4n) is 7.13. The van der Waals surface area contributed by atoms with Crippen LogP contribution in [0.25, 0.3) is 43.6 Å². The highest BCUT2D eigenvalue weighted by Crippen LogP contribution is 2.47. The summed E-state index contributed by atoms with van der Waals surface area (Å²) in [4.78, 5) is 32.9. The lowest BCUT2D eigenvalue weighted by atomic mass is 9.83. The van der Waals surface area contributed by atoms with Gasteiger partial charge in [0.1, 0.15) is 23.0 Å². The summed E-state index contributed by atoms with van der Waals surface area (Å²) >= 11 is 1.32. The summed E-state index contributed by atoms with van der Waals surface area (Å²) in [5.41, 5.74) is 5.57. The van der Waals surface area contributed by atoms with Crippen LogP contribution in [-0.4, -0.2) is 51.6 Å². The van der Waals surface area contributed by atoms with Crippen LogP contribution in [0.1, 0.15) is 72.5 Å². The van der Waals surface area contributed by atoms with Gasteiger partial charge in [-0.15, -0.1) is 11.3 Å². The van der Waals surface area contributed by atoms with Crippen molar-refractivity contribution in [1.82, 2.24) is 14.5 Å². The van der Waals surface area contributed by atoms with E-state index in [1.54, 1.807) is 25.3 Å². The van der Waals surface area contributed by atoms with E-state index in [4.69, 9.17) is 9.72 Å². The Hall–Kier alpha value is -4.24. The van der Waals surface area contributed by atoms with Crippen molar-refractivity contribution in [2.45, 2.75) is 63.8 Å². The number of hydrogen-bond acceptors (Lipinski definition) is 5. The van der Waals surface area contributed by atoms with E-state index in [9.17, 15) is 19.1 Å². The topological polar surface area (TPSA) is 84.7 Å². The van der Waals surface area contributed by atoms with Crippen LogP contribution in [-0.2, 0) is 11.3 Å². The van der Waals surface area contributed by atoms with Crippen molar-refractivity contribution < 1.29 is 23.8 Å². The van der Waals surface area contributed by atoms with Crippen LogP contribution in [0, 0.1) is 5.82 Å². The molecule has 3 aromatic heterocycles. The lowest BCUT2D eigenvalue weighted by molar-refractivity contribution is -0.132. The second kappa shape index (κ2) is 12.3. The zero-order chi connectivity index (χ0) is 31.1. The number of carboxylic acid groups (broad SMARTS) is 1. The quantitative estimate of drug-likeness (QED) is 0.196. The summed E-state index contributed by atoms with van der Waals surface area (Å²) in [6.07, 6.45) is 8.69. The van der Waals surface area contributed by atoms with Crippen molar-refractivity contribution in [2.24, 2.45) is 0 Å². The molecule has 7 rings (SSSR count). The van der Waals surface area contributed by atoms with Gasteiger partial charge in [-0.3, -0.25) is 4.79 Å². The number of aromatic carboxylic acids is 1. The van der Waals surface area contributed by atoms with E-state index < -0.39 is 5.97 Å². The number of pyridine rings is 1. The van der Waals surface area contributed by atoms with Crippen molar-refractivity contribution in [1.29, 1.82) is 0 Å². The fraction of sp³-hybridized carbons (Fsp3) is 0.361. The third-order valence-corrected chi connectivity index (χ3v) is 10.6. The molecule has 5 aromatic rings. The lowest BCUT2D eigenvalue weighted by Crippen LogP contribution is -2.37. The van der Waals surface area contributed by atoms with Gasteiger partial charge in [-0.25, -0.2) is 14.2 Å². The van der Waals surface area contributed by atoms with Crippen LogP contribution in [0.3, 0.4) is 0 Å². The first-order chi connectivity index (χ1) is 21.9. The van der Waals surface area contributed by atoms with Gasteiger partial charge in [0.25, 0.3) is 0 Å². The van der Waals surface area contributed by atoms with Crippen molar-refractivity contribution in [3.63, 3.8) is 0 Å². The van der Waals surface area contributed by atoms with Crippen molar-refractivity contribution >= 4 is 44.3 Å². The van der Waals surface area contributed by atoms with E-state index >= 15 is 0 Å². The number of methoxy groups -OCH3 is 1. The average molecular weight is 626 g/mol. The molecule has 9 heteroatoms. The maximum absolute atomic E-state index is 14.8. The number of halogens is 1. The van der Waals surface area contributed by atoms with Gasteiger partial charge >= 0.3 is 5.97 Å². The molecule has 1 aliphatic carbocycles. The molecule has 0 unspecified atom stereocenters. The number of carbonyl (C=O) groups is 2. The number of fused-ring (bicyclic) bond motifs is 2. The first-order valence-corrected chi connectivity index (χ1v) is 16.6. The summed E-state index contributed by atoms with van der Waals surface area (Å²) < 4.78 is 23.1. The molecule has 7 nitrogen and oxygen atoms in total. The summed E-state index contributed by atoms with van der Waals surface area (Å²) in [7, 11) is 1.55. The molecule has 0 atom stereocenters. The second-order valence-electron chi connectivity index (χ2n) is 12.2. The van der Waals surface area contributed by atoms with Gasteiger partial charge in [0.2, 0.25) is 5.91 Å². The molecule has 1 N–H and O–H groups in total. The number of likely N-dealkylation sites (tertiary alicyclic amines) is 1. The molecule has 45 heavy (non-hydrogen) atoms. The largest absolute Gasteiger partial charge is 0.497 e. The number of nitrogens with zero attached hydrogens (tertiary/aromatic N) is 3. The van der Waals surface area contributed by atoms with Crippen LogP contribution in [0.15, 0.2) is 54.6 Å². The molecular weight excluding hydrogens is 589 g/mol. The first kappa shape index (κ1) is 29.5. The SMILES string of the molecule is COc1ccc(F)c(-c2ccc3cc(-c4c(C5CCCCC5)c5sc(C(=O)O)cc5n4CC(=O)N4CCCCC4)ccc3n2)c1. The summed E-state index contributed by atoms with van der Waals surface area (Å²) in [5.74, 6) is -0.395. The Morgan fingerprint density at radius 3 is 2.51 bits per heavy atom. The van der Waals surface area contributed by atoms with E-state index in [1.807, 2.05) is 29.2 Å². The summed E-state index contributed by atoms with van der Waals surface area (Å²) in [5, 5.41) is 10.8. The number of benzene rings is 2. The third kappa shape index (κ3) is 5.58. The number of carboxylic acids is 1. The molecule has 1 saturated carbocycles. The van der Waals surface area contributed by atoms with E-state index in [2.05, 4.69) is 10.6 Å². The minimum absolute atomic E-state index is 0.0681. The minimum atomic E-state index is -0.943. The van der Waals surface area contributed by atoms with Gasteiger partial charge in [0.15, 0.2) is 0 Å². The molecule has 1 amide bonds. The maximum Gasteiger partial charge on any atom is 0.345 e. The Balaban J connectivity index is 1.38. The van der Waals surface area contributed by atoms with E-state index in [1.165, 1.54) is 23.8 Å². The predicted molar refractivity (Wildman–Crippen MR) is 176 cm³/mol. The van der Waals surface area contributed by atoms with Gasteiger partial charge in [-0.2, -0.15) is 0 Å². The van der Waals surface area contributed by atoms with Crippen LogP contribution < -0.4 is 4.74 Å². The van der Waals surface area contributed by atoms with Gasteiger partial charge in [-0.1, -0.05) is 31.4 Å². The Labute approximate surface area is 265 Å². The minimum Gasteiger partial charge on any atom is -0.497 e. The number of thiophene rings is 1. The molecule has 0 radical (unpaired) electrons. The molecule has 1 saturated heterocycles. The van der Waals surface area contributed by atoms with E-state index in [0.717, 1.165) is 96.0 Å². The molecule has 2 aromatic carbocycles. The average Bonchev–Trinajstić information content (AvgIpc) is 3.63. The smallest absolute Gasteiger partial charge is 0.345 e. The molecule has 4 heterocycles. The zero-order valence-electron chi connectivity index (χ0n) is 25.4. The number of piperidine rings is 1. The van der Waals surface area contributed by atoms with Crippen molar-refractivity contribution in [3.8, 4) is 28.3 Å². The van der Waals surface area contributed by atoms with E-state index in [-0.39, 0.29) is 24.2 Å². The molecule has 2 aliphatic rings. The molecule has 0 bridgehead atoms. The Bertz CT molecular complexity index is 1920. The molecule has 0 spiro atoms. The van der Waals surface area contributed by atoms with Crippen LogP contribution in [0.5, 0.6) is 5.75 Å². The molecule has 2 fully saturated rings. The number of amides is 1. The molecular formula is C36H36FN3O4S. The highest BCUT2D eigenvalue weighted by atomic mass is 32.1. The van der Waals surface area contributed by atoms with Crippen LogP contribution in [0.4, 0.5) is 4.39 Å². The highest BCUT2D eigenvalue weighted by molar-refractivity contribution is 7.21. The third-order valence-electron chi connectivity index (χ3n) is 9.41. The lowest BCUT2D eigenvalue weighted by Gasteiger charge is -2.28. The van der Waals surface area contributed by atoms with Crippen LogP contribution in [0.2, 0.25) is 0 Å². The monoisotopic (exact) mass is 625 g/mol. The maximum atomic E-state index is 14.8. The number of carbonyl (C=O) groups excluding carboxylic acids is 1. The summed E-state index contributed by atoms with van der Waals surface area (Å²) in [6.45, 7) is 1.69. The Morgan fingerprint density at radius 1 is 0.978 bits per heavy atom. The van der Waals surface area contributed by atoms with Crippen molar-refractivity contribution in [2.75, 3.05) is 20.2 Å². The first-order valence-electron chi connectivity index (χ1n) is 15.8. The van der Waals surface area contributed by atoms with Gasteiger partial charge in [0.05, 0.1) is 34.2 Å². The van der Waals surface area contributed by atoms with E-state index in [0.29, 0.717) is 21.9 Å². The van der Waals surface area contributed by atoms with Gasteiger partial charge in [0, 0.05) is 24.0 Å². The Morgan fingerprint density at radius 2 is 1.76 bits per heavy atom. The van der Waals surface area contributed by atoms with Gasteiger partial charge < -0.3 is 19.3 Å². The highest BCUT2D eigenvalue weighted by Gasteiger charge is 2.30. The van der Waals surface area contributed by atoms with Crippen molar-refractivity contribution in [3.05, 3.63) is 70.9 Å². The zero-order valence-corrected chi connectivity index (χ0v) is 26.2. The van der Waals surface area contributed by atoms with Gasteiger partial charge in [-0.05, 0) is 91.6 Å². The van der Waals surface area contributed by atoms with Crippen LogP contribution >= 0.6 is 11.3 Å². The normalized spacial score (nSPS) is 16.0. The number of hydrogen-bond donors (Lipinski definition) is 1. The Kier molecular flexibility index (Phi) is 8.04. The standard InChI is InChI=1S/C36H36FN3O4S/c1-44-25-12-13-27(37)26(19-25)29-15-10-23-18-24(11-14-28(23)38-29)34-33(22-8-4-2-5-9-22)35-30(20-31(45-35)36(42)43)40(34)21-32(41)39-16-6-3-7-17-39/h10-15,18-20,22H,2-9,16-17,21H2,1H3,(H,42,43). The molecule has 1 aliphatic heterocycles.